The molecule has 1 aromatic heterocycles. The van der Waals surface area contributed by atoms with Crippen LogP contribution in [0.1, 0.15) is 26.4 Å². The molecule has 0 bridgehead atoms. The summed E-state index contributed by atoms with van der Waals surface area (Å²) >= 11 is 0. The van der Waals surface area contributed by atoms with Gasteiger partial charge in [0.2, 0.25) is 0 Å². The van der Waals surface area contributed by atoms with Gasteiger partial charge in [0.1, 0.15) is 5.69 Å². The monoisotopic (exact) mass is 352 g/mol. The van der Waals surface area contributed by atoms with Crippen LogP contribution in [0.25, 0.3) is 10.9 Å². The molecule has 24 heavy (non-hydrogen) atoms. The molecule has 2 aromatic rings. The average molecular weight is 352 g/mol. The highest BCUT2D eigenvalue weighted by atomic mass is 32.2. The number of esters is 1. The second kappa shape index (κ2) is 5.91. The number of benzene rings is 1. The van der Waals surface area contributed by atoms with Crippen LogP contribution in [0.5, 0.6) is 0 Å². The van der Waals surface area contributed by atoms with E-state index in [1.54, 1.807) is 18.2 Å². The Bertz CT molecular complexity index is 931. The van der Waals surface area contributed by atoms with Gasteiger partial charge >= 0.3 is 5.97 Å². The number of carbonyl (C=O) groups excluding carboxylic acids is 2. The molecule has 0 radical (unpaired) electrons. The number of hydrogen-bond acceptors (Lipinski definition) is 6. The number of aromatic nitrogens is 1. The molecule has 9 heteroatoms. The van der Waals surface area contributed by atoms with E-state index in [1.807, 2.05) is 0 Å². The van der Waals surface area contributed by atoms with Crippen LogP contribution in [0.15, 0.2) is 18.2 Å². The third-order valence-corrected chi connectivity index (χ3v) is 4.39. The zero-order valence-corrected chi connectivity index (χ0v) is 13.9. The van der Waals surface area contributed by atoms with Crippen LogP contribution in [0.2, 0.25) is 0 Å². The Labute approximate surface area is 138 Å². The predicted octanol–water partition coefficient (Wildman–Crippen LogP) is 0.585. The van der Waals surface area contributed by atoms with Crippen LogP contribution < -0.4 is 5.32 Å². The van der Waals surface area contributed by atoms with E-state index in [-0.39, 0.29) is 12.5 Å². The van der Waals surface area contributed by atoms with E-state index in [0.29, 0.717) is 23.2 Å². The van der Waals surface area contributed by atoms with Gasteiger partial charge in [-0.25, -0.2) is 4.79 Å². The third kappa shape index (κ3) is 3.13. The minimum absolute atomic E-state index is 0.145. The molecule has 3 rings (SSSR count). The molecule has 2 N–H and O–H groups in total. The maximum absolute atomic E-state index is 12.2. The number of fused-ring (bicyclic) bond motifs is 3. The van der Waals surface area contributed by atoms with Gasteiger partial charge in [0.25, 0.3) is 16.0 Å². The van der Waals surface area contributed by atoms with Gasteiger partial charge in [0.15, 0.2) is 0 Å². The lowest BCUT2D eigenvalue weighted by Crippen LogP contribution is -2.44. The Morgan fingerprint density at radius 3 is 2.79 bits per heavy atom. The number of rotatable bonds is 4. The molecule has 0 fully saturated rings. The highest BCUT2D eigenvalue weighted by Gasteiger charge is 2.29. The van der Waals surface area contributed by atoms with Crippen molar-refractivity contribution in [2.75, 3.05) is 20.0 Å². The Morgan fingerprint density at radius 1 is 1.38 bits per heavy atom. The minimum atomic E-state index is -3.59. The summed E-state index contributed by atoms with van der Waals surface area (Å²) in [5, 5.41) is 3.43. The fourth-order valence-electron chi connectivity index (χ4n) is 2.76. The number of amides is 1. The number of carbonyl (C=O) groups is 2. The Balaban J connectivity index is 1.97. The van der Waals surface area contributed by atoms with Gasteiger partial charge in [-0.05, 0) is 30.2 Å². The molecule has 1 aromatic carbocycles. The van der Waals surface area contributed by atoms with Crippen molar-refractivity contribution in [3.63, 3.8) is 0 Å². The van der Waals surface area contributed by atoms with Gasteiger partial charge < -0.3 is 15.0 Å². The lowest BCUT2D eigenvalue weighted by atomic mass is 9.98. The maximum atomic E-state index is 12.2. The molecular formula is C15H16N2O6S. The van der Waals surface area contributed by atoms with E-state index in [0.717, 1.165) is 17.2 Å². The highest BCUT2D eigenvalue weighted by Crippen LogP contribution is 2.28. The summed E-state index contributed by atoms with van der Waals surface area (Å²) in [6.45, 7) is -0.145. The van der Waals surface area contributed by atoms with Gasteiger partial charge in [-0.15, -0.1) is 0 Å². The van der Waals surface area contributed by atoms with Crippen LogP contribution in [-0.2, 0) is 25.5 Å². The van der Waals surface area contributed by atoms with Gasteiger partial charge in [0, 0.05) is 10.9 Å². The predicted molar refractivity (Wildman–Crippen MR) is 85.4 cm³/mol. The summed E-state index contributed by atoms with van der Waals surface area (Å²) in [6, 6.07) is 4.50. The first-order valence-corrected chi connectivity index (χ1v) is 8.98. The number of aromatic amines is 1. The molecule has 8 nitrogen and oxygen atoms in total. The summed E-state index contributed by atoms with van der Waals surface area (Å²) in [5.41, 5.74) is 2.22. The van der Waals surface area contributed by atoms with Crippen molar-refractivity contribution in [1.29, 1.82) is 0 Å². The van der Waals surface area contributed by atoms with Crippen molar-refractivity contribution in [2.45, 2.75) is 12.5 Å². The summed E-state index contributed by atoms with van der Waals surface area (Å²) < 4.78 is 31.7. The van der Waals surface area contributed by atoms with Crippen LogP contribution in [0.4, 0.5) is 0 Å². The fourth-order valence-corrected chi connectivity index (χ4v) is 3.17. The molecule has 0 saturated carbocycles. The van der Waals surface area contributed by atoms with E-state index in [4.69, 9.17) is 8.92 Å². The molecule has 128 valence electrons. The molecule has 1 unspecified atom stereocenters. The summed E-state index contributed by atoms with van der Waals surface area (Å²) in [4.78, 5) is 26.9. The number of ether oxygens (including phenoxy) is 1. The van der Waals surface area contributed by atoms with Crippen molar-refractivity contribution < 1.29 is 26.9 Å². The van der Waals surface area contributed by atoms with E-state index >= 15 is 0 Å². The Kier molecular flexibility index (Phi) is 4.06. The van der Waals surface area contributed by atoms with Crippen LogP contribution in [0, 0.1) is 0 Å². The zero-order valence-electron chi connectivity index (χ0n) is 13.1. The molecule has 1 aliphatic rings. The van der Waals surface area contributed by atoms with Crippen molar-refractivity contribution in [3.8, 4) is 0 Å². The lowest BCUT2D eigenvalue weighted by molar-refractivity contribution is 0.0600. The molecule has 0 spiro atoms. The Morgan fingerprint density at radius 2 is 2.12 bits per heavy atom. The quantitative estimate of drug-likeness (QED) is 0.615. The number of hydrogen-bond donors (Lipinski definition) is 2. The number of H-pyrrole nitrogens is 1. The molecule has 1 atom stereocenters. The summed E-state index contributed by atoms with van der Waals surface area (Å²) in [7, 11) is -2.29. The molecule has 2 heterocycles. The maximum Gasteiger partial charge on any atom is 0.337 e. The van der Waals surface area contributed by atoms with Crippen LogP contribution in [-0.4, -0.2) is 51.3 Å². The van der Waals surface area contributed by atoms with E-state index < -0.39 is 22.1 Å². The number of methoxy groups -OCH3 is 1. The first-order chi connectivity index (χ1) is 11.3. The zero-order chi connectivity index (χ0) is 17.5. The molecular weight excluding hydrogens is 336 g/mol. The first kappa shape index (κ1) is 16.5. The number of nitrogens with one attached hydrogen (secondary N) is 2. The molecule has 1 aliphatic heterocycles. The summed E-state index contributed by atoms with van der Waals surface area (Å²) in [5.74, 6) is -0.807. The minimum Gasteiger partial charge on any atom is -0.465 e. The molecule has 0 saturated heterocycles. The third-order valence-electron chi connectivity index (χ3n) is 3.82. The van der Waals surface area contributed by atoms with Crippen molar-refractivity contribution >= 4 is 32.9 Å². The van der Waals surface area contributed by atoms with Gasteiger partial charge in [-0.3, -0.25) is 8.98 Å². The topological polar surface area (TPSA) is 115 Å². The van der Waals surface area contributed by atoms with Gasteiger partial charge in [0.05, 0.1) is 31.6 Å². The molecule has 1 amide bonds. The van der Waals surface area contributed by atoms with Crippen LogP contribution >= 0.6 is 0 Å². The van der Waals surface area contributed by atoms with E-state index in [9.17, 15) is 18.0 Å². The largest absolute Gasteiger partial charge is 0.465 e. The van der Waals surface area contributed by atoms with E-state index in [2.05, 4.69) is 10.3 Å². The fraction of sp³-hybridized carbons (Fsp3) is 0.333. The Hall–Kier alpha value is -2.39. The van der Waals surface area contributed by atoms with Crippen molar-refractivity contribution in [2.24, 2.45) is 0 Å². The van der Waals surface area contributed by atoms with Crippen LogP contribution in [0.3, 0.4) is 0 Å². The summed E-state index contributed by atoms with van der Waals surface area (Å²) in [6.07, 6.45) is 1.35. The standard InChI is InChI=1S/C15H16N2O6S/c1-22-15(19)8-3-4-12-10(5-8)11-6-9(7-23-24(2,20)21)16-14(18)13(11)17-12/h3-5,9,17H,6-7H2,1-2H3,(H,16,18). The SMILES string of the molecule is COC(=O)c1ccc2[nH]c3c(c2c1)CC(COS(C)(=O)=O)NC3=O. The second-order valence-corrected chi connectivity index (χ2v) is 7.24. The lowest BCUT2D eigenvalue weighted by Gasteiger charge is -2.23. The normalized spacial score (nSPS) is 17.4. The van der Waals surface area contributed by atoms with Crippen molar-refractivity contribution in [3.05, 3.63) is 35.0 Å². The van der Waals surface area contributed by atoms with Gasteiger partial charge in [-0.2, -0.15) is 8.42 Å². The highest BCUT2D eigenvalue weighted by molar-refractivity contribution is 7.85. The molecule has 0 aliphatic carbocycles. The smallest absolute Gasteiger partial charge is 0.337 e. The van der Waals surface area contributed by atoms with Gasteiger partial charge in [-0.1, -0.05) is 0 Å². The van der Waals surface area contributed by atoms with E-state index in [1.165, 1.54) is 7.11 Å². The van der Waals surface area contributed by atoms with Crippen molar-refractivity contribution in [1.82, 2.24) is 10.3 Å². The second-order valence-electron chi connectivity index (χ2n) is 5.59. The average Bonchev–Trinajstić information content (AvgIpc) is 2.90. The first-order valence-electron chi connectivity index (χ1n) is 7.16.